The second-order valence-electron chi connectivity index (χ2n) is 4.23. The van der Waals surface area contributed by atoms with Crippen LogP contribution in [-0.2, 0) is 0 Å². The molecule has 0 atom stereocenters. The van der Waals surface area contributed by atoms with Crippen molar-refractivity contribution in [3.63, 3.8) is 0 Å². The van der Waals surface area contributed by atoms with E-state index in [1.54, 1.807) is 0 Å². The number of fused-ring (bicyclic) bond motifs is 1. The Morgan fingerprint density at radius 2 is 2.07 bits per heavy atom. The van der Waals surface area contributed by atoms with E-state index in [4.69, 9.17) is 4.42 Å². The lowest BCUT2D eigenvalue weighted by molar-refractivity contribution is 0.492. The van der Waals surface area contributed by atoms with Crippen LogP contribution in [0.1, 0.15) is 37.4 Å². The molecule has 1 heterocycles. The van der Waals surface area contributed by atoms with Gasteiger partial charge in [-0.15, -0.1) is 0 Å². The first-order valence-electron chi connectivity index (χ1n) is 5.43. The van der Waals surface area contributed by atoms with Gasteiger partial charge in [-0.2, -0.15) is 0 Å². The third kappa shape index (κ3) is 1.54. The van der Waals surface area contributed by atoms with Gasteiger partial charge in [-0.25, -0.2) is 4.39 Å². The minimum atomic E-state index is -0.283. The van der Waals surface area contributed by atoms with Crippen LogP contribution in [0.2, 0.25) is 0 Å². The van der Waals surface area contributed by atoms with Gasteiger partial charge in [0.2, 0.25) is 0 Å². The van der Waals surface area contributed by atoms with E-state index in [0.717, 1.165) is 11.1 Å². The summed E-state index contributed by atoms with van der Waals surface area (Å²) in [5.41, 5.74) is 0.622. The van der Waals surface area contributed by atoms with Crippen LogP contribution < -0.4 is 0 Å². The van der Waals surface area contributed by atoms with E-state index in [9.17, 15) is 4.39 Å². The largest absolute Gasteiger partial charge is 0.461 e. The molecule has 15 heavy (non-hydrogen) atoms. The van der Waals surface area contributed by atoms with Crippen molar-refractivity contribution in [1.82, 2.24) is 0 Å². The molecular weight excluding hydrogens is 191 g/mol. The molecule has 1 aromatic heterocycles. The van der Waals surface area contributed by atoms with Gasteiger partial charge in [0.15, 0.2) is 0 Å². The second-order valence-corrected chi connectivity index (χ2v) is 4.23. The Morgan fingerprint density at radius 3 is 2.87 bits per heavy atom. The average Bonchev–Trinajstić information content (AvgIpc) is 2.84. The van der Waals surface area contributed by atoms with E-state index in [-0.39, 0.29) is 5.82 Å². The number of benzene rings is 1. The standard InChI is InChI=1S/C13H12FO/c14-11-6-5-10-7-12(15-13(10)8-11)9-3-1-2-4-9/h6-9H,1-4H2. The highest BCUT2D eigenvalue weighted by Crippen LogP contribution is 2.36. The lowest BCUT2D eigenvalue weighted by Gasteiger charge is -2.02. The van der Waals surface area contributed by atoms with Crippen LogP contribution in [0.15, 0.2) is 22.6 Å². The minimum Gasteiger partial charge on any atom is -0.461 e. The normalized spacial score (nSPS) is 17.7. The summed E-state index contributed by atoms with van der Waals surface area (Å²) in [5, 5.41) is 0.887. The highest BCUT2D eigenvalue weighted by atomic mass is 19.1. The maximum absolute atomic E-state index is 12.9. The molecule has 3 rings (SSSR count). The Kier molecular flexibility index (Phi) is 2.01. The van der Waals surface area contributed by atoms with Crippen LogP contribution in [0.4, 0.5) is 4.39 Å². The average molecular weight is 203 g/mol. The Morgan fingerprint density at radius 1 is 1.27 bits per heavy atom. The molecule has 0 saturated heterocycles. The van der Waals surface area contributed by atoms with Crippen molar-refractivity contribution in [1.29, 1.82) is 0 Å². The first kappa shape index (κ1) is 8.96. The van der Waals surface area contributed by atoms with Gasteiger partial charge in [0.25, 0.3) is 0 Å². The Hall–Kier alpha value is -1.31. The van der Waals surface area contributed by atoms with Crippen LogP contribution in [0.25, 0.3) is 11.0 Å². The fraction of sp³-hybridized carbons (Fsp3) is 0.385. The van der Waals surface area contributed by atoms with Gasteiger partial charge in [0.1, 0.15) is 17.2 Å². The summed E-state index contributed by atoms with van der Waals surface area (Å²) in [4.78, 5) is 0. The molecule has 0 N–H and O–H groups in total. The third-order valence-corrected chi connectivity index (χ3v) is 3.17. The molecule has 1 saturated carbocycles. The van der Waals surface area contributed by atoms with Gasteiger partial charge >= 0.3 is 0 Å². The Balaban J connectivity index is 2.05. The van der Waals surface area contributed by atoms with E-state index in [2.05, 4.69) is 6.07 Å². The molecule has 0 spiro atoms. The SMILES string of the molecule is Fc1c[c]c2cc(C3CCCC3)oc2c1. The molecule has 77 valence electrons. The lowest BCUT2D eigenvalue weighted by atomic mass is 10.1. The predicted octanol–water partition coefficient (Wildman–Crippen LogP) is 4.03. The van der Waals surface area contributed by atoms with Crippen molar-refractivity contribution < 1.29 is 8.81 Å². The molecule has 2 heteroatoms. The highest BCUT2D eigenvalue weighted by Gasteiger charge is 2.20. The van der Waals surface area contributed by atoms with Gasteiger partial charge in [0.05, 0.1) is 0 Å². The van der Waals surface area contributed by atoms with Crippen LogP contribution in [-0.4, -0.2) is 0 Å². The zero-order valence-corrected chi connectivity index (χ0v) is 8.42. The van der Waals surface area contributed by atoms with Crippen molar-refractivity contribution in [2.45, 2.75) is 31.6 Å². The smallest absolute Gasteiger partial charge is 0.137 e. The van der Waals surface area contributed by atoms with Crippen molar-refractivity contribution in [3.8, 4) is 0 Å². The molecule has 0 unspecified atom stereocenters. The van der Waals surface area contributed by atoms with Crippen LogP contribution >= 0.6 is 0 Å². The quantitative estimate of drug-likeness (QED) is 0.682. The van der Waals surface area contributed by atoms with Gasteiger partial charge in [-0.1, -0.05) is 12.8 Å². The van der Waals surface area contributed by atoms with Gasteiger partial charge < -0.3 is 4.42 Å². The Labute approximate surface area is 87.9 Å². The van der Waals surface area contributed by atoms with Crippen molar-refractivity contribution in [3.05, 3.63) is 35.8 Å². The molecule has 0 bridgehead atoms. The topological polar surface area (TPSA) is 13.1 Å². The van der Waals surface area contributed by atoms with Crippen molar-refractivity contribution in [2.75, 3.05) is 0 Å². The van der Waals surface area contributed by atoms with Gasteiger partial charge in [-0.05, 0) is 31.0 Å². The van der Waals surface area contributed by atoms with Crippen LogP contribution in [0, 0.1) is 11.9 Å². The van der Waals surface area contributed by atoms with Crippen molar-refractivity contribution in [2.24, 2.45) is 0 Å². The molecule has 1 radical (unpaired) electrons. The van der Waals surface area contributed by atoms with Crippen LogP contribution in [0.3, 0.4) is 0 Å². The minimum absolute atomic E-state index is 0.283. The molecule has 0 amide bonds. The molecule has 1 aromatic carbocycles. The van der Waals surface area contributed by atoms with Crippen LogP contribution in [0.5, 0.6) is 0 Å². The fourth-order valence-corrected chi connectivity index (χ4v) is 2.37. The van der Waals surface area contributed by atoms with Gasteiger partial charge in [0, 0.05) is 17.4 Å². The molecule has 2 aromatic rings. The van der Waals surface area contributed by atoms with E-state index < -0.39 is 0 Å². The third-order valence-electron chi connectivity index (χ3n) is 3.17. The zero-order valence-electron chi connectivity index (χ0n) is 8.42. The summed E-state index contributed by atoms with van der Waals surface area (Å²) < 4.78 is 18.6. The summed E-state index contributed by atoms with van der Waals surface area (Å²) in [6.07, 6.45) is 4.95. The number of rotatable bonds is 1. The Bertz CT molecular complexity index is 480. The zero-order chi connectivity index (χ0) is 10.3. The fourth-order valence-electron chi connectivity index (χ4n) is 2.37. The summed E-state index contributed by atoms with van der Waals surface area (Å²) >= 11 is 0. The van der Waals surface area contributed by atoms with E-state index in [1.807, 2.05) is 6.07 Å². The first-order valence-corrected chi connectivity index (χ1v) is 5.43. The number of halogens is 1. The van der Waals surface area contributed by atoms with Crippen molar-refractivity contribution >= 4 is 11.0 Å². The molecular formula is C13H12FO. The summed E-state index contributed by atoms with van der Waals surface area (Å²) in [7, 11) is 0. The number of furan rings is 1. The summed E-state index contributed by atoms with van der Waals surface area (Å²) in [6.45, 7) is 0. The maximum atomic E-state index is 12.9. The maximum Gasteiger partial charge on any atom is 0.137 e. The summed E-state index contributed by atoms with van der Waals surface area (Å²) in [5.74, 6) is 1.26. The van der Waals surface area contributed by atoms with E-state index in [0.29, 0.717) is 11.5 Å². The lowest BCUT2D eigenvalue weighted by Crippen LogP contribution is -1.87. The monoisotopic (exact) mass is 203 g/mol. The first-order chi connectivity index (χ1) is 7.33. The second kappa shape index (κ2) is 3.37. The summed E-state index contributed by atoms with van der Waals surface area (Å²) in [6, 6.07) is 7.69. The molecule has 1 fully saturated rings. The number of hydrogen-bond acceptors (Lipinski definition) is 1. The number of hydrogen-bond donors (Lipinski definition) is 0. The molecule has 1 aliphatic rings. The molecule has 0 aliphatic heterocycles. The molecule has 1 aliphatic carbocycles. The van der Waals surface area contributed by atoms with Gasteiger partial charge in [-0.3, -0.25) is 0 Å². The highest BCUT2D eigenvalue weighted by molar-refractivity contribution is 5.77. The molecule has 1 nitrogen and oxygen atoms in total. The van der Waals surface area contributed by atoms with E-state index >= 15 is 0 Å². The van der Waals surface area contributed by atoms with E-state index in [1.165, 1.54) is 37.8 Å². The predicted molar refractivity (Wildman–Crippen MR) is 56.2 cm³/mol.